The van der Waals surface area contributed by atoms with Crippen molar-refractivity contribution in [2.24, 2.45) is 0 Å². The van der Waals surface area contributed by atoms with Crippen LogP contribution in [0.25, 0.3) is 0 Å². The maximum atomic E-state index is 12.3. The second-order valence-electron chi connectivity index (χ2n) is 7.61. The van der Waals surface area contributed by atoms with Gasteiger partial charge in [-0.15, -0.1) is 6.42 Å². The Labute approximate surface area is 192 Å². The molecule has 0 saturated carbocycles. The molecule has 0 aromatic carbocycles. The zero-order valence-electron chi connectivity index (χ0n) is 18.4. The number of carbonyl (C=O) groups excluding carboxylic acids is 4. The summed E-state index contributed by atoms with van der Waals surface area (Å²) in [5, 5.41) is 0. The van der Waals surface area contributed by atoms with Crippen molar-refractivity contribution in [1.29, 1.82) is 0 Å². The summed E-state index contributed by atoms with van der Waals surface area (Å²) in [6.45, 7) is 4.45. The molecule has 0 radical (unpaired) electrons. The van der Waals surface area contributed by atoms with Gasteiger partial charge in [-0.25, -0.2) is 0 Å². The number of esters is 4. The molecule has 0 aromatic heterocycles. The quantitative estimate of drug-likeness (QED) is 0.141. The van der Waals surface area contributed by atoms with Crippen LogP contribution in [-0.2, 0) is 42.9 Å². The fourth-order valence-corrected chi connectivity index (χ4v) is 2.98. The predicted molar refractivity (Wildman–Crippen MR) is 102 cm³/mol. The Balaban J connectivity index is 0.00000900. The summed E-state index contributed by atoms with van der Waals surface area (Å²) in [4.78, 5) is 46.7. The van der Waals surface area contributed by atoms with Gasteiger partial charge in [0, 0.05) is 27.2 Å². The highest BCUT2D eigenvalue weighted by atomic mass is 79.9. The van der Waals surface area contributed by atoms with Crippen molar-refractivity contribution in [1.82, 2.24) is 0 Å². The van der Waals surface area contributed by atoms with E-state index in [1.54, 1.807) is 0 Å². The van der Waals surface area contributed by atoms with E-state index in [1.807, 2.05) is 14.1 Å². The van der Waals surface area contributed by atoms with Crippen molar-refractivity contribution in [3.05, 3.63) is 0 Å². The van der Waals surface area contributed by atoms with E-state index in [4.69, 9.17) is 30.1 Å². The molecule has 1 aliphatic heterocycles. The predicted octanol–water partition coefficient (Wildman–Crippen LogP) is -2.83. The Hall–Kier alpha value is -2.16. The second-order valence-corrected chi connectivity index (χ2v) is 7.61. The lowest BCUT2D eigenvalue weighted by Crippen LogP contribution is -3.00. The minimum absolute atomic E-state index is 0. The van der Waals surface area contributed by atoms with E-state index in [1.165, 1.54) is 6.92 Å². The van der Waals surface area contributed by atoms with Crippen LogP contribution in [-0.4, -0.2) is 86.8 Å². The van der Waals surface area contributed by atoms with Crippen LogP contribution < -0.4 is 17.0 Å². The van der Waals surface area contributed by atoms with Crippen molar-refractivity contribution in [2.75, 3.05) is 33.8 Å². The monoisotopic (exact) mass is 507 g/mol. The standard InChI is InChI=1S/C20H30NO9.BrH/c1-7-10-21(5,6)11-8-9-17(25)30-20-19(29-15(4)24)18(28-14(3)23)16(12-26-20)27-13(2)22;/h1,16,18-20H,8-12H2,2-6H3;1H/q+1;/p-1/t16-,18-,19-,20?;/m1./s1. The fraction of sp³-hybridized carbons (Fsp3) is 0.700. The van der Waals surface area contributed by atoms with Crippen LogP contribution in [0.2, 0.25) is 0 Å². The van der Waals surface area contributed by atoms with Gasteiger partial charge in [0.1, 0.15) is 6.54 Å². The van der Waals surface area contributed by atoms with Crippen LogP contribution in [0.15, 0.2) is 0 Å². The van der Waals surface area contributed by atoms with Crippen molar-refractivity contribution >= 4 is 23.9 Å². The number of rotatable bonds is 9. The lowest BCUT2D eigenvalue weighted by Gasteiger charge is -2.39. The van der Waals surface area contributed by atoms with Crippen molar-refractivity contribution in [3.63, 3.8) is 0 Å². The topological polar surface area (TPSA) is 114 Å². The van der Waals surface area contributed by atoms with Crippen molar-refractivity contribution in [2.45, 2.75) is 58.2 Å². The van der Waals surface area contributed by atoms with Gasteiger partial charge >= 0.3 is 23.9 Å². The van der Waals surface area contributed by atoms with E-state index in [2.05, 4.69) is 5.92 Å². The molecule has 1 aliphatic rings. The molecule has 0 bridgehead atoms. The van der Waals surface area contributed by atoms with Gasteiger partial charge < -0.3 is 45.1 Å². The second kappa shape index (κ2) is 13.3. The van der Waals surface area contributed by atoms with Crippen LogP contribution in [0.1, 0.15) is 33.6 Å². The number of halogens is 1. The Morgan fingerprint density at radius 1 is 0.968 bits per heavy atom. The minimum atomic E-state index is -1.31. The first-order chi connectivity index (χ1) is 13.9. The van der Waals surface area contributed by atoms with Gasteiger partial charge in [0.05, 0.1) is 33.7 Å². The first-order valence-corrected chi connectivity index (χ1v) is 9.53. The van der Waals surface area contributed by atoms with Crippen LogP contribution in [0.3, 0.4) is 0 Å². The van der Waals surface area contributed by atoms with Gasteiger partial charge in [0.2, 0.25) is 12.4 Å². The number of ether oxygens (including phenoxy) is 5. The molecule has 0 aromatic rings. The van der Waals surface area contributed by atoms with Gasteiger partial charge in [-0.1, -0.05) is 0 Å². The number of hydrogen-bond acceptors (Lipinski definition) is 9. The highest BCUT2D eigenvalue weighted by Crippen LogP contribution is 2.25. The Bertz CT molecular complexity index is 689. The van der Waals surface area contributed by atoms with E-state index in [0.717, 1.165) is 13.8 Å². The molecule has 176 valence electrons. The molecular formula is C20H30BrNO9. The highest BCUT2D eigenvalue weighted by Gasteiger charge is 2.48. The molecule has 10 nitrogen and oxygen atoms in total. The summed E-state index contributed by atoms with van der Waals surface area (Å²) in [5.74, 6) is -0.0231. The Morgan fingerprint density at radius 3 is 2.03 bits per heavy atom. The molecule has 11 heteroatoms. The molecule has 1 unspecified atom stereocenters. The zero-order chi connectivity index (χ0) is 22.9. The Morgan fingerprint density at radius 2 is 1.52 bits per heavy atom. The van der Waals surface area contributed by atoms with Crippen LogP contribution in [0.5, 0.6) is 0 Å². The van der Waals surface area contributed by atoms with Crippen LogP contribution in [0, 0.1) is 12.3 Å². The highest BCUT2D eigenvalue weighted by molar-refractivity contribution is 5.70. The summed E-state index contributed by atoms with van der Waals surface area (Å²) in [5.41, 5.74) is 0. The SMILES string of the molecule is C#CC[N+](C)(C)CCCC(=O)OC1OC[C@@H](OC(C)=O)[C@@H](OC(C)=O)[C@H]1OC(C)=O.[Br-]. The van der Waals surface area contributed by atoms with E-state index in [9.17, 15) is 19.2 Å². The van der Waals surface area contributed by atoms with Gasteiger partial charge in [-0.3, -0.25) is 19.2 Å². The van der Waals surface area contributed by atoms with E-state index in [-0.39, 0.29) is 30.0 Å². The molecule has 0 amide bonds. The largest absolute Gasteiger partial charge is 1.00 e. The fourth-order valence-electron chi connectivity index (χ4n) is 2.98. The summed E-state index contributed by atoms with van der Waals surface area (Å²) in [7, 11) is 3.90. The Kier molecular flexibility index (Phi) is 12.4. The average molecular weight is 508 g/mol. The molecule has 1 fully saturated rings. The maximum absolute atomic E-state index is 12.3. The molecule has 0 N–H and O–H groups in total. The normalized spacial score (nSPS) is 22.8. The summed E-state index contributed by atoms with van der Waals surface area (Å²) in [6.07, 6.45) is 1.12. The molecule has 0 spiro atoms. The molecule has 1 saturated heterocycles. The van der Waals surface area contributed by atoms with Crippen molar-refractivity contribution in [3.8, 4) is 12.3 Å². The molecule has 1 rings (SSSR count). The lowest BCUT2D eigenvalue weighted by molar-refractivity contribution is -0.883. The van der Waals surface area contributed by atoms with Gasteiger partial charge in [0.25, 0.3) is 0 Å². The smallest absolute Gasteiger partial charge is 0.308 e. The average Bonchev–Trinajstić information content (AvgIpc) is 2.58. The third-order valence-electron chi connectivity index (χ3n) is 4.22. The zero-order valence-corrected chi connectivity index (χ0v) is 20.0. The third kappa shape index (κ3) is 10.6. The maximum Gasteiger partial charge on any atom is 0.308 e. The van der Waals surface area contributed by atoms with Gasteiger partial charge in [-0.05, 0) is 5.92 Å². The third-order valence-corrected chi connectivity index (χ3v) is 4.22. The van der Waals surface area contributed by atoms with Crippen LogP contribution >= 0.6 is 0 Å². The van der Waals surface area contributed by atoms with E-state index < -0.39 is 48.5 Å². The van der Waals surface area contributed by atoms with E-state index >= 15 is 0 Å². The number of terminal acetylenes is 1. The molecular weight excluding hydrogens is 478 g/mol. The summed E-state index contributed by atoms with van der Waals surface area (Å²) >= 11 is 0. The number of quaternary nitrogens is 1. The first kappa shape index (κ1) is 28.8. The summed E-state index contributed by atoms with van der Waals surface area (Å²) < 4.78 is 26.8. The molecule has 0 aliphatic carbocycles. The van der Waals surface area contributed by atoms with Crippen molar-refractivity contribution < 1.29 is 64.3 Å². The summed E-state index contributed by atoms with van der Waals surface area (Å²) in [6, 6.07) is 0. The van der Waals surface area contributed by atoms with Gasteiger partial charge in [-0.2, -0.15) is 0 Å². The van der Waals surface area contributed by atoms with Crippen LogP contribution in [0.4, 0.5) is 0 Å². The molecule has 31 heavy (non-hydrogen) atoms. The number of nitrogens with zero attached hydrogens (tertiary/aromatic N) is 1. The number of hydrogen-bond donors (Lipinski definition) is 0. The first-order valence-electron chi connectivity index (χ1n) is 9.53. The molecule has 4 atom stereocenters. The lowest BCUT2D eigenvalue weighted by atomic mass is 10.0. The van der Waals surface area contributed by atoms with Gasteiger partial charge in [0.15, 0.2) is 12.2 Å². The van der Waals surface area contributed by atoms with E-state index in [0.29, 0.717) is 24.0 Å². The number of carbonyl (C=O) groups is 4. The minimum Gasteiger partial charge on any atom is -1.00 e. The molecule has 1 heterocycles.